The van der Waals surface area contributed by atoms with E-state index in [9.17, 15) is 4.79 Å². The molecule has 1 aromatic carbocycles. The average Bonchev–Trinajstić information content (AvgIpc) is 2.70. The van der Waals surface area contributed by atoms with Crippen LogP contribution in [0.3, 0.4) is 0 Å². The molecule has 112 valence electrons. The molecule has 1 amide bonds. The van der Waals surface area contributed by atoms with Crippen LogP contribution in [0.5, 0.6) is 0 Å². The van der Waals surface area contributed by atoms with Crippen LogP contribution in [0, 0.1) is 20.8 Å². The van der Waals surface area contributed by atoms with E-state index in [0.717, 1.165) is 22.6 Å². The summed E-state index contributed by atoms with van der Waals surface area (Å²) in [5.74, 6) is 1.39. The predicted octanol–water partition coefficient (Wildman–Crippen LogP) is 3.20. The van der Waals surface area contributed by atoms with Crippen LogP contribution >= 0.6 is 0 Å². The summed E-state index contributed by atoms with van der Waals surface area (Å²) in [4.78, 5) is 14.3. The van der Waals surface area contributed by atoms with Crippen molar-refractivity contribution in [1.29, 1.82) is 0 Å². The lowest BCUT2D eigenvalue weighted by Gasteiger charge is -2.13. The monoisotopic (exact) mass is 286 g/mol. The van der Waals surface area contributed by atoms with Gasteiger partial charge in [-0.1, -0.05) is 12.1 Å². The number of aryl methyl sites for hydroxylation is 2. The van der Waals surface area contributed by atoms with Gasteiger partial charge in [-0.15, -0.1) is 0 Å². The van der Waals surface area contributed by atoms with Gasteiger partial charge in [-0.05, 0) is 38.5 Å². The number of nitrogens with zero attached hydrogens (tertiary/aromatic N) is 1. The van der Waals surface area contributed by atoms with Crippen molar-refractivity contribution in [3.63, 3.8) is 0 Å². The van der Waals surface area contributed by atoms with Gasteiger partial charge in [0.25, 0.3) is 5.91 Å². The predicted molar refractivity (Wildman–Crippen MR) is 84.9 cm³/mol. The maximum atomic E-state index is 12.3. The number of rotatable bonds is 4. The first-order valence-electron chi connectivity index (χ1n) is 7.01. The molecule has 2 aromatic rings. The van der Waals surface area contributed by atoms with E-state index >= 15 is 0 Å². The van der Waals surface area contributed by atoms with Crippen molar-refractivity contribution in [3.05, 3.63) is 52.5 Å². The number of carbonyl (C=O) groups is 1. The zero-order valence-corrected chi connectivity index (χ0v) is 13.3. The largest absolute Gasteiger partial charge is 0.466 e. The molecule has 0 radical (unpaired) electrons. The lowest BCUT2D eigenvalue weighted by atomic mass is 10.1. The van der Waals surface area contributed by atoms with Gasteiger partial charge in [-0.3, -0.25) is 4.79 Å². The van der Waals surface area contributed by atoms with Gasteiger partial charge < -0.3 is 14.6 Å². The van der Waals surface area contributed by atoms with Gasteiger partial charge in [0, 0.05) is 31.9 Å². The molecule has 4 heteroatoms. The molecule has 1 aromatic heterocycles. The van der Waals surface area contributed by atoms with Gasteiger partial charge >= 0.3 is 0 Å². The molecule has 0 atom stereocenters. The van der Waals surface area contributed by atoms with Gasteiger partial charge in [0.1, 0.15) is 11.5 Å². The Kier molecular flexibility index (Phi) is 4.36. The highest BCUT2D eigenvalue weighted by atomic mass is 16.3. The number of anilines is 1. The molecule has 0 aliphatic rings. The quantitative estimate of drug-likeness (QED) is 0.938. The highest BCUT2D eigenvalue weighted by Gasteiger charge is 2.18. The minimum absolute atomic E-state index is 0.0847. The minimum Gasteiger partial charge on any atom is -0.466 e. The Balaban J connectivity index is 2.04. The lowest BCUT2D eigenvalue weighted by Crippen LogP contribution is -2.23. The van der Waals surface area contributed by atoms with Crippen LogP contribution in [0.2, 0.25) is 0 Å². The molecular formula is C17H22N2O2. The Bertz CT molecular complexity index is 640. The zero-order valence-electron chi connectivity index (χ0n) is 13.3. The van der Waals surface area contributed by atoms with Gasteiger partial charge in [0.15, 0.2) is 0 Å². The number of nitrogens with one attached hydrogen (secondary N) is 1. The molecule has 1 N–H and O–H groups in total. The number of hydrogen-bond acceptors (Lipinski definition) is 3. The summed E-state index contributed by atoms with van der Waals surface area (Å²) in [6, 6.07) is 8.13. The average molecular weight is 286 g/mol. The smallest absolute Gasteiger partial charge is 0.255 e. The Morgan fingerprint density at radius 3 is 2.19 bits per heavy atom. The molecule has 21 heavy (non-hydrogen) atoms. The third-order valence-corrected chi connectivity index (χ3v) is 3.69. The van der Waals surface area contributed by atoms with E-state index in [0.29, 0.717) is 17.9 Å². The topological polar surface area (TPSA) is 45.5 Å². The first-order valence-corrected chi connectivity index (χ1v) is 7.01. The Labute approximate surface area is 125 Å². The molecule has 0 saturated heterocycles. The van der Waals surface area contributed by atoms with Crippen LogP contribution in [0.15, 0.2) is 28.7 Å². The van der Waals surface area contributed by atoms with E-state index in [2.05, 4.69) is 5.32 Å². The molecule has 4 nitrogen and oxygen atoms in total. The molecular weight excluding hydrogens is 264 g/mol. The summed E-state index contributed by atoms with van der Waals surface area (Å²) in [6.45, 7) is 6.11. The standard InChI is InChI=1S/C17H22N2O2/c1-11-12(2)21-13(3)16(11)17(20)18-10-14-6-8-15(9-7-14)19(4)5/h6-9H,10H2,1-5H3,(H,18,20). The number of amides is 1. The molecule has 0 aliphatic heterocycles. The number of benzene rings is 1. The maximum absolute atomic E-state index is 12.3. The van der Waals surface area contributed by atoms with Crippen molar-refractivity contribution in [1.82, 2.24) is 5.32 Å². The summed E-state index contributed by atoms with van der Waals surface area (Å²) >= 11 is 0. The second-order valence-electron chi connectivity index (χ2n) is 5.46. The molecule has 0 spiro atoms. The normalized spacial score (nSPS) is 10.5. The fraction of sp³-hybridized carbons (Fsp3) is 0.353. The lowest BCUT2D eigenvalue weighted by molar-refractivity contribution is 0.0949. The van der Waals surface area contributed by atoms with E-state index in [1.807, 2.05) is 64.0 Å². The van der Waals surface area contributed by atoms with Crippen molar-refractivity contribution in [3.8, 4) is 0 Å². The SMILES string of the molecule is Cc1oc(C)c(C(=O)NCc2ccc(N(C)C)cc2)c1C. The molecule has 0 bridgehead atoms. The summed E-state index contributed by atoms with van der Waals surface area (Å²) in [5.41, 5.74) is 3.78. The molecule has 0 fully saturated rings. The molecule has 0 aliphatic carbocycles. The molecule has 1 heterocycles. The summed E-state index contributed by atoms with van der Waals surface area (Å²) in [6.07, 6.45) is 0. The Hall–Kier alpha value is -2.23. The number of hydrogen-bond donors (Lipinski definition) is 1. The van der Waals surface area contributed by atoms with Gasteiger partial charge in [0.2, 0.25) is 0 Å². The van der Waals surface area contributed by atoms with Crippen LogP contribution in [-0.4, -0.2) is 20.0 Å². The highest BCUT2D eigenvalue weighted by molar-refractivity contribution is 5.96. The Morgan fingerprint density at radius 2 is 1.71 bits per heavy atom. The highest BCUT2D eigenvalue weighted by Crippen LogP contribution is 2.20. The first kappa shape index (κ1) is 15.2. The van der Waals surface area contributed by atoms with Crippen molar-refractivity contribution in [2.75, 3.05) is 19.0 Å². The summed E-state index contributed by atoms with van der Waals surface area (Å²) < 4.78 is 5.49. The zero-order chi connectivity index (χ0) is 15.6. The van der Waals surface area contributed by atoms with E-state index in [4.69, 9.17) is 4.42 Å². The number of carbonyl (C=O) groups excluding carboxylic acids is 1. The van der Waals surface area contributed by atoms with E-state index in [-0.39, 0.29) is 5.91 Å². The van der Waals surface area contributed by atoms with Crippen LogP contribution in [-0.2, 0) is 6.54 Å². The molecule has 0 unspecified atom stereocenters. The van der Waals surface area contributed by atoms with Crippen LogP contribution in [0.1, 0.15) is 33.0 Å². The second kappa shape index (κ2) is 6.04. The van der Waals surface area contributed by atoms with Gasteiger partial charge in [0.05, 0.1) is 5.56 Å². The summed E-state index contributed by atoms with van der Waals surface area (Å²) in [7, 11) is 4.01. The minimum atomic E-state index is -0.0847. The van der Waals surface area contributed by atoms with Crippen molar-refractivity contribution < 1.29 is 9.21 Å². The van der Waals surface area contributed by atoms with Crippen LogP contribution in [0.4, 0.5) is 5.69 Å². The third-order valence-electron chi connectivity index (χ3n) is 3.69. The van der Waals surface area contributed by atoms with Crippen LogP contribution < -0.4 is 10.2 Å². The van der Waals surface area contributed by atoms with E-state index < -0.39 is 0 Å². The Morgan fingerprint density at radius 1 is 1.10 bits per heavy atom. The van der Waals surface area contributed by atoms with Crippen molar-refractivity contribution >= 4 is 11.6 Å². The summed E-state index contributed by atoms with van der Waals surface area (Å²) in [5, 5.41) is 2.95. The fourth-order valence-corrected chi connectivity index (χ4v) is 2.31. The van der Waals surface area contributed by atoms with Crippen LogP contribution in [0.25, 0.3) is 0 Å². The maximum Gasteiger partial charge on any atom is 0.255 e. The van der Waals surface area contributed by atoms with E-state index in [1.165, 1.54) is 0 Å². The third kappa shape index (κ3) is 3.27. The van der Waals surface area contributed by atoms with Crippen molar-refractivity contribution in [2.24, 2.45) is 0 Å². The van der Waals surface area contributed by atoms with Gasteiger partial charge in [-0.2, -0.15) is 0 Å². The number of furan rings is 1. The first-order chi connectivity index (χ1) is 9.90. The van der Waals surface area contributed by atoms with E-state index in [1.54, 1.807) is 0 Å². The van der Waals surface area contributed by atoms with Gasteiger partial charge in [-0.25, -0.2) is 0 Å². The molecule has 0 saturated carbocycles. The fourth-order valence-electron chi connectivity index (χ4n) is 2.31. The molecule has 2 rings (SSSR count). The second-order valence-corrected chi connectivity index (χ2v) is 5.46. The van der Waals surface area contributed by atoms with Crippen molar-refractivity contribution in [2.45, 2.75) is 27.3 Å².